The van der Waals surface area contributed by atoms with Crippen LogP contribution in [0, 0.1) is 5.41 Å². The van der Waals surface area contributed by atoms with E-state index in [1.165, 1.54) is 25.9 Å². The summed E-state index contributed by atoms with van der Waals surface area (Å²) in [4.78, 5) is 15.2. The van der Waals surface area contributed by atoms with Gasteiger partial charge in [0.2, 0.25) is 5.91 Å². The molecule has 0 bridgehead atoms. The van der Waals surface area contributed by atoms with E-state index in [1.54, 1.807) is 0 Å². The molecule has 0 aromatic heterocycles. The van der Waals surface area contributed by atoms with Crippen molar-refractivity contribution >= 4 is 5.91 Å². The van der Waals surface area contributed by atoms with Gasteiger partial charge in [-0.05, 0) is 58.7 Å². The highest BCUT2D eigenvalue weighted by Gasteiger charge is 2.39. The number of carbonyl (C=O) groups is 1. The lowest BCUT2D eigenvalue weighted by Gasteiger charge is -2.37. The van der Waals surface area contributed by atoms with Gasteiger partial charge in [-0.15, -0.1) is 0 Å². The first-order valence-electron chi connectivity index (χ1n) is 8.40. The maximum Gasteiger partial charge on any atom is 0.227 e. The summed E-state index contributed by atoms with van der Waals surface area (Å²) in [5.41, 5.74) is -0.160. The molecule has 0 aromatic carbocycles. The second-order valence-corrected chi connectivity index (χ2v) is 6.69. The van der Waals surface area contributed by atoms with Gasteiger partial charge in [0, 0.05) is 19.1 Å². The lowest BCUT2D eigenvalue weighted by molar-refractivity contribution is -0.133. The van der Waals surface area contributed by atoms with Crippen LogP contribution >= 0.6 is 0 Å². The van der Waals surface area contributed by atoms with Gasteiger partial charge in [-0.1, -0.05) is 13.3 Å². The van der Waals surface area contributed by atoms with Crippen molar-refractivity contribution in [3.63, 3.8) is 0 Å². The van der Waals surface area contributed by atoms with E-state index in [9.17, 15) is 4.79 Å². The highest BCUT2D eigenvalue weighted by atomic mass is 16.2. The summed E-state index contributed by atoms with van der Waals surface area (Å²) >= 11 is 0. The summed E-state index contributed by atoms with van der Waals surface area (Å²) in [6.07, 6.45) is 6.86. The number of nitrogens with zero attached hydrogens (tertiary/aromatic N) is 1. The third-order valence-electron chi connectivity index (χ3n) is 4.79. The van der Waals surface area contributed by atoms with E-state index in [2.05, 4.69) is 29.4 Å². The Bertz CT molecular complexity index is 301. The van der Waals surface area contributed by atoms with Crippen molar-refractivity contribution in [1.82, 2.24) is 15.5 Å². The van der Waals surface area contributed by atoms with E-state index < -0.39 is 0 Å². The predicted octanol–water partition coefficient (Wildman–Crippen LogP) is 1.76. The molecule has 2 heterocycles. The van der Waals surface area contributed by atoms with E-state index >= 15 is 0 Å². The van der Waals surface area contributed by atoms with Crippen LogP contribution in [0.1, 0.15) is 52.4 Å². The van der Waals surface area contributed by atoms with Crippen molar-refractivity contribution in [2.24, 2.45) is 5.41 Å². The zero-order chi connectivity index (χ0) is 14.4. The Morgan fingerprint density at radius 3 is 2.70 bits per heavy atom. The monoisotopic (exact) mass is 281 g/mol. The van der Waals surface area contributed by atoms with Crippen molar-refractivity contribution in [1.29, 1.82) is 0 Å². The zero-order valence-electron chi connectivity index (χ0n) is 13.2. The van der Waals surface area contributed by atoms with E-state index in [4.69, 9.17) is 0 Å². The molecule has 2 N–H and O–H groups in total. The van der Waals surface area contributed by atoms with E-state index in [1.807, 2.05) is 0 Å². The number of likely N-dealkylation sites (tertiary alicyclic amines) is 1. The van der Waals surface area contributed by atoms with Crippen molar-refractivity contribution in [2.45, 2.75) is 58.4 Å². The molecule has 1 amide bonds. The number of hydrogen-bond acceptors (Lipinski definition) is 3. The van der Waals surface area contributed by atoms with E-state index in [-0.39, 0.29) is 17.4 Å². The molecule has 116 valence electrons. The molecule has 20 heavy (non-hydrogen) atoms. The molecule has 2 aliphatic rings. The Labute approximate surface area is 123 Å². The quantitative estimate of drug-likeness (QED) is 0.780. The fourth-order valence-corrected chi connectivity index (χ4v) is 3.74. The molecule has 2 rings (SSSR count). The maximum atomic E-state index is 12.7. The van der Waals surface area contributed by atoms with Crippen LogP contribution in [-0.2, 0) is 4.79 Å². The molecule has 0 aliphatic carbocycles. The van der Waals surface area contributed by atoms with Gasteiger partial charge < -0.3 is 15.5 Å². The lowest BCUT2D eigenvalue weighted by atomic mass is 9.76. The zero-order valence-corrected chi connectivity index (χ0v) is 13.2. The Balaban J connectivity index is 1.86. The van der Waals surface area contributed by atoms with Crippen molar-refractivity contribution in [3.8, 4) is 0 Å². The average Bonchev–Trinajstić information content (AvgIpc) is 2.92. The smallest absolute Gasteiger partial charge is 0.227 e. The Hall–Kier alpha value is -0.610. The Morgan fingerprint density at radius 1 is 1.35 bits per heavy atom. The topological polar surface area (TPSA) is 44.4 Å². The first kappa shape index (κ1) is 15.8. The Morgan fingerprint density at radius 2 is 2.10 bits per heavy atom. The molecular formula is C16H31N3O. The largest absolute Gasteiger partial charge is 0.352 e. The van der Waals surface area contributed by atoms with E-state index in [0.29, 0.717) is 0 Å². The van der Waals surface area contributed by atoms with E-state index in [0.717, 1.165) is 45.3 Å². The number of rotatable bonds is 6. The molecule has 0 radical (unpaired) electrons. The summed E-state index contributed by atoms with van der Waals surface area (Å²) in [5, 5.41) is 6.70. The minimum Gasteiger partial charge on any atom is -0.352 e. The van der Waals surface area contributed by atoms with Crippen LogP contribution in [0.15, 0.2) is 0 Å². The third kappa shape index (κ3) is 3.95. The second kappa shape index (κ2) is 7.41. The first-order valence-corrected chi connectivity index (χ1v) is 8.40. The molecule has 2 aliphatic heterocycles. The first-order chi connectivity index (χ1) is 9.66. The molecule has 0 spiro atoms. The molecular weight excluding hydrogens is 250 g/mol. The maximum absolute atomic E-state index is 12.7. The summed E-state index contributed by atoms with van der Waals surface area (Å²) in [6.45, 7) is 9.62. The van der Waals surface area contributed by atoms with Crippen LogP contribution in [0.2, 0.25) is 0 Å². The standard InChI is InChI=1S/C16H31N3O/c1-3-7-16(8-6-9-17-13-16)15(20)18-14(2)12-19-10-4-5-11-19/h14,17H,3-13H2,1-2H3,(H,18,20). The third-order valence-corrected chi connectivity index (χ3v) is 4.79. The molecule has 4 nitrogen and oxygen atoms in total. The van der Waals surface area contributed by atoms with Gasteiger partial charge in [0.25, 0.3) is 0 Å². The van der Waals surface area contributed by atoms with Crippen LogP contribution in [0.25, 0.3) is 0 Å². The number of nitrogens with one attached hydrogen (secondary N) is 2. The van der Waals surface area contributed by atoms with Crippen LogP contribution < -0.4 is 10.6 Å². The Kier molecular flexibility index (Phi) is 5.85. The summed E-state index contributed by atoms with van der Waals surface area (Å²) in [5.74, 6) is 0.276. The predicted molar refractivity (Wildman–Crippen MR) is 82.7 cm³/mol. The van der Waals surface area contributed by atoms with Crippen LogP contribution in [0.5, 0.6) is 0 Å². The van der Waals surface area contributed by atoms with Gasteiger partial charge in [0.1, 0.15) is 0 Å². The summed E-state index contributed by atoms with van der Waals surface area (Å²) in [6, 6.07) is 0.260. The SMILES string of the molecule is CCCC1(C(=O)NC(C)CN2CCCC2)CCCNC1. The fourth-order valence-electron chi connectivity index (χ4n) is 3.74. The number of hydrogen-bond donors (Lipinski definition) is 2. The summed E-state index contributed by atoms with van der Waals surface area (Å²) in [7, 11) is 0. The van der Waals surface area contributed by atoms with Crippen molar-refractivity contribution in [2.75, 3.05) is 32.7 Å². The summed E-state index contributed by atoms with van der Waals surface area (Å²) < 4.78 is 0. The molecule has 2 fully saturated rings. The van der Waals surface area contributed by atoms with Crippen LogP contribution in [-0.4, -0.2) is 49.6 Å². The van der Waals surface area contributed by atoms with Gasteiger partial charge in [-0.25, -0.2) is 0 Å². The normalized spacial score (nSPS) is 29.3. The van der Waals surface area contributed by atoms with Crippen molar-refractivity contribution in [3.05, 3.63) is 0 Å². The fraction of sp³-hybridized carbons (Fsp3) is 0.938. The van der Waals surface area contributed by atoms with Crippen LogP contribution in [0.3, 0.4) is 0 Å². The minimum atomic E-state index is -0.160. The molecule has 2 atom stereocenters. The van der Waals surface area contributed by atoms with Crippen LogP contribution in [0.4, 0.5) is 0 Å². The van der Waals surface area contributed by atoms with Crippen molar-refractivity contribution < 1.29 is 4.79 Å². The highest BCUT2D eigenvalue weighted by Crippen LogP contribution is 2.32. The van der Waals surface area contributed by atoms with Gasteiger partial charge in [-0.2, -0.15) is 0 Å². The minimum absolute atomic E-state index is 0.160. The molecule has 2 unspecified atom stereocenters. The molecule has 4 heteroatoms. The number of amides is 1. The number of piperidine rings is 1. The van der Waals surface area contributed by atoms with Gasteiger partial charge >= 0.3 is 0 Å². The molecule has 2 saturated heterocycles. The van der Waals surface area contributed by atoms with Gasteiger partial charge in [0.05, 0.1) is 5.41 Å². The lowest BCUT2D eigenvalue weighted by Crippen LogP contribution is -2.53. The molecule has 0 saturated carbocycles. The second-order valence-electron chi connectivity index (χ2n) is 6.69. The highest BCUT2D eigenvalue weighted by molar-refractivity contribution is 5.83. The average molecular weight is 281 g/mol. The number of carbonyl (C=O) groups excluding carboxylic acids is 1. The van der Waals surface area contributed by atoms with Gasteiger partial charge in [0.15, 0.2) is 0 Å². The molecule has 0 aromatic rings. The van der Waals surface area contributed by atoms with Gasteiger partial charge in [-0.3, -0.25) is 4.79 Å².